The molecule has 0 saturated carbocycles. The first-order valence-electron chi connectivity index (χ1n) is 37.2. The molecule has 16 aromatic carbocycles. The summed E-state index contributed by atoms with van der Waals surface area (Å²) >= 11 is 1.85. The lowest BCUT2D eigenvalue weighted by molar-refractivity contribution is 0.635. The molecule has 0 radical (unpaired) electrons. The van der Waals surface area contributed by atoms with E-state index in [1.54, 1.807) is 0 Å². The van der Waals surface area contributed by atoms with Crippen LogP contribution in [0, 0.1) is 0 Å². The molecule has 0 aliphatic rings. The van der Waals surface area contributed by atoms with Gasteiger partial charge in [0.05, 0.1) is 49.3 Å². The third-order valence-corrected chi connectivity index (χ3v) is 22.9. The van der Waals surface area contributed by atoms with E-state index in [4.69, 9.17) is 17.7 Å². The Hall–Kier alpha value is -14.4. The van der Waals surface area contributed by atoms with Gasteiger partial charge in [-0.3, -0.25) is 0 Å². The van der Waals surface area contributed by atoms with Gasteiger partial charge < -0.3 is 31.4 Å². The molecule has 7 nitrogen and oxygen atoms in total. The molecule has 0 aliphatic carbocycles. The number of thiophene rings is 1. The largest absolute Gasteiger partial charge is 0.456 e. The first-order valence-corrected chi connectivity index (χ1v) is 38.0. The average molecular weight is 1430 g/mol. The SMILES string of the molecule is c1ccc(-c2cc(-c3ccccc3)cc(-n3c4ccccc4c4c5oc(-c6ccccc6)cc5ccc43)c2)cc1.c1ccc(-c2cc3ccc4c(c5ccccc5n4-c4ccc5oc6ccccc6c5c4)c3o2)cc1.c1ccc(-c2cc3ccc4c(c5ccccc5n4-c4ccc5sc6ccccc6c5c4)c3o2)cc1. The van der Waals surface area contributed by atoms with Crippen LogP contribution < -0.4 is 0 Å². The predicted octanol–water partition coefficient (Wildman–Crippen LogP) is 29.2. The fourth-order valence-corrected chi connectivity index (χ4v) is 17.8. The van der Waals surface area contributed by atoms with Crippen molar-refractivity contribution in [2.24, 2.45) is 0 Å². The van der Waals surface area contributed by atoms with E-state index in [1.165, 1.54) is 69.8 Å². The fourth-order valence-electron chi connectivity index (χ4n) is 16.8. The van der Waals surface area contributed by atoms with Crippen LogP contribution in [0.2, 0.25) is 0 Å². The van der Waals surface area contributed by atoms with Crippen molar-refractivity contribution in [3.63, 3.8) is 0 Å². The lowest BCUT2D eigenvalue weighted by Gasteiger charge is -2.14. The van der Waals surface area contributed by atoms with Gasteiger partial charge in [0.15, 0.2) is 0 Å². The van der Waals surface area contributed by atoms with Gasteiger partial charge in [0, 0.05) is 97.0 Å². The van der Waals surface area contributed by atoms with E-state index in [9.17, 15) is 0 Å². The number of aromatic nitrogens is 3. The second-order valence-electron chi connectivity index (χ2n) is 28.2. The zero-order valence-electron chi connectivity index (χ0n) is 59.3. The molecule has 516 valence electrons. The van der Waals surface area contributed by atoms with Crippen molar-refractivity contribution in [2.75, 3.05) is 0 Å². The Morgan fingerprint density at radius 2 is 0.536 bits per heavy atom. The molecule has 0 bridgehead atoms. The number of hydrogen-bond donors (Lipinski definition) is 0. The lowest BCUT2D eigenvalue weighted by Crippen LogP contribution is -1.96. The number of fused-ring (bicyclic) bond motifs is 21. The Balaban J connectivity index is 0.000000102. The zero-order chi connectivity index (χ0) is 72.3. The molecule has 0 saturated heterocycles. The third-order valence-electron chi connectivity index (χ3n) is 21.8. The van der Waals surface area contributed by atoms with Crippen LogP contribution in [0.1, 0.15) is 0 Å². The van der Waals surface area contributed by atoms with Crippen molar-refractivity contribution >= 4 is 152 Å². The standard InChI is InChI=1S/C38H25NO.C32H19NO2.C32H19NOS/c1-4-12-26(13-5-1)30-22-31(27-14-6-2-7-15-27)24-32(23-30)39-34-19-11-10-18-33(34)37-35(39)21-20-29-25-36(40-38(29)37)28-16-8-3-9-17-28;1-2-8-20(9-3-1)30-18-21-14-16-27-31(32(21)35-30)24-11-4-6-12-26(24)33(27)22-15-17-29-25(19-22)23-10-5-7-13-28(23)34-29;1-2-8-20(9-3-1)28-18-21-14-16-27-31(32(21)34-28)24-11-4-6-12-26(24)33(27)22-15-17-30-25(19-22)23-10-5-7-13-29(23)35-30/h1-25H;2*1-19H. The average Bonchev–Trinajstić information content (AvgIpc) is 1.57. The molecular weight excluding hydrogens is 1360 g/mol. The Labute approximate surface area is 634 Å². The highest BCUT2D eigenvalue weighted by atomic mass is 32.1. The van der Waals surface area contributed by atoms with Gasteiger partial charge in [-0.15, -0.1) is 11.3 Å². The molecule has 0 aliphatic heterocycles. The van der Waals surface area contributed by atoms with E-state index in [0.29, 0.717) is 0 Å². The van der Waals surface area contributed by atoms with Crippen molar-refractivity contribution < 1.29 is 17.7 Å². The Bertz CT molecular complexity index is 7340. The second kappa shape index (κ2) is 25.7. The molecule has 0 N–H and O–H groups in total. The number of furan rings is 4. The van der Waals surface area contributed by atoms with Crippen LogP contribution in [0.4, 0.5) is 0 Å². The van der Waals surface area contributed by atoms with Gasteiger partial charge in [-0.1, -0.05) is 243 Å². The van der Waals surface area contributed by atoms with Crippen molar-refractivity contribution in [1.82, 2.24) is 13.7 Å². The maximum absolute atomic E-state index is 6.60. The smallest absolute Gasteiger partial charge is 0.144 e. The highest BCUT2D eigenvalue weighted by Crippen LogP contribution is 2.46. The summed E-state index contributed by atoms with van der Waals surface area (Å²) in [5.74, 6) is 2.67. The van der Waals surface area contributed by atoms with Crippen LogP contribution >= 0.6 is 11.3 Å². The summed E-state index contributed by atoms with van der Waals surface area (Å²) in [5.41, 5.74) is 22.9. The van der Waals surface area contributed by atoms with Crippen LogP contribution in [-0.2, 0) is 0 Å². The monoisotopic (exact) mass is 1430 g/mol. The van der Waals surface area contributed by atoms with Crippen LogP contribution in [-0.4, -0.2) is 13.7 Å². The van der Waals surface area contributed by atoms with Gasteiger partial charge in [0.25, 0.3) is 0 Å². The van der Waals surface area contributed by atoms with Gasteiger partial charge in [-0.2, -0.15) is 0 Å². The summed E-state index contributed by atoms with van der Waals surface area (Å²) in [5, 5.41) is 15.2. The molecule has 0 amide bonds. The van der Waals surface area contributed by atoms with E-state index < -0.39 is 0 Å². The number of benzene rings is 16. The van der Waals surface area contributed by atoms with E-state index in [1.807, 2.05) is 78.1 Å². The normalized spacial score (nSPS) is 11.8. The molecule has 0 spiro atoms. The topological polar surface area (TPSA) is 67.3 Å². The Kier molecular flexibility index (Phi) is 14.7. The maximum Gasteiger partial charge on any atom is 0.144 e. The predicted molar refractivity (Wildman–Crippen MR) is 459 cm³/mol. The molecule has 8 aromatic heterocycles. The van der Waals surface area contributed by atoms with Gasteiger partial charge in [-0.25, -0.2) is 0 Å². The van der Waals surface area contributed by atoms with Crippen molar-refractivity contribution in [2.45, 2.75) is 0 Å². The lowest BCUT2D eigenvalue weighted by atomic mass is 9.98. The summed E-state index contributed by atoms with van der Waals surface area (Å²) in [7, 11) is 0. The molecule has 8 heterocycles. The van der Waals surface area contributed by atoms with E-state index in [2.05, 4.69) is 329 Å². The Morgan fingerprint density at radius 1 is 0.191 bits per heavy atom. The molecule has 0 fully saturated rings. The summed E-state index contributed by atoms with van der Waals surface area (Å²) in [6.45, 7) is 0. The van der Waals surface area contributed by atoms with Crippen LogP contribution in [0.5, 0.6) is 0 Å². The minimum atomic E-state index is 0.885. The van der Waals surface area contributed by atoms with Crippen LogP contribution in [0.25, 0.3) is 214 Å². The molecule has 8 heteroatoms. The highest BCUT2D eigenvalue weighted by molar-refractivity contribution is 7.25. The minimum Gasteiger partial charge on any atom is -0.456 e. The van der Waals surface area contributed by atoms with Gasteiger partial charge in [0.1, 0.15) is 45.2 Å². The molecule has 0 unspecified atom stereocenters. The number of rotatable bonds is 8. The molecule has 24 aromatic rings. The molecule has 0 atom stereocenters. The summed E-state index contributed by atoms with van der Waals surface area (Å²) in [6.07, 6.45) is 0. The zero-order valence-corrected chi connectivity index (χ0v) is 60.1. The van der Waals surface area contributed by atoms with E-state index >= 15 is 0 Å². The van der Waals surface area contributed by atoms with Gasteiger partial charge in [0.2, 0.25) is 0 Å². The van der Waals surface area contributed by atoms with E-state index in [-0.39, 0.29) is 0 Å². The Morgan fingerprint density at radius 3 is 0.991 bits per heavy atom. The highest BCUT2D eigenvalue weighted by Gasteiger charge is 2.24. The fraction of sp³-hybridized carbons (Fsp3) is 0. The number of hydrogen-bond acceptors (Lipinski definition) is 5. The minimum absolute atomic E-state index is 0.885. The summed E-state index contributed by atoms with van der Waals surface area (Å²) in [6, 6.07) is 135. The van der Waals surface area contributed by atoms with Gasteiger partial charge in [-0.05, 0) is 162 Å². The first-order chi connectivity index (χ1) is 54.5. The number of nitrogens with zero attached hydrogens (tertiary/aromatic N) is 3. The van der Waals surface area contributed by atoms with Gasteiger partial charge >= 0.3 is 0 Å². The third kappa shape index (κ3) is 10.4. The first kappa shape index (κ1) is 62.9. The molecule has 24 rings (SSSR count). The van der Waals surface area contributed by atoms with Crippen molar-refractivity contribution in [3.05, 3.63) is 382 Å². The van der Waals surface area contributed by atoms with Crippen molar-refractivity contribution in [1.29, 1.82) is 0 Å². The quantitative estimate of drug-likeness (QED) is 0.152. The summed E-state index contributed by atoms with van der Waals surface area (Å²) < 4.78 is 35.4. The number of para-hydroxylation sites is 4. The van der Waals surface area contributed by atoms with Crippen molar-refractivity contribution in [3.8, 4) is 73.3 Å². The maximum atomic E-state index is 6.60. The molecular formula is C102H63N3O4S. The van der Waals surface area contributed by atoms with E-state index in [0.717, 1.165) is 144 Å². The second-order valence-corrected chi connectivity index (χ2v) is 29.3. The molecule has 110 heavy (non-hydrogen) atoms. The summed E-state index contributed by atoms with van der Waals surface area (Å²) in [4.78, 5) is 0. The van der Waals surface area contributed by atoms with Crippen LogP contribution in [0.15, 0.2) is 400 Å². The van der Waals surface area contributed by atoms with Crippen LogP contribution in [0.3, 0.4) is 0 Å².